The van der Waals surface area contributed by atoms with Gasteiger partial charge in [0.05, 0.1) is 5.25 Å². The number of carboxylic acids is 1. The third-order valence-electron chi connectivity index (χ3n) is 5.80. The summed E-state index contributed by atoms with van der Waals surface area (Å²) in [5.41, 5.74) is -0.569. The first-order chi connectivity index (χ1) is 13.6. The van der Waals surface area contributed by atoms with E-state index >= 15 is 0 Å². The Balaban J connectivity index is 2.00. The van der Waals surface area contributed by atoms with E-state index in [4.69, 9.17) is 4.74 Å². The standard InChI is InChI=1S/C20H29N3O5S/c1-11(2)20(18(25)26)28-17(16(29-20)14-7-5-6-12(3)10-14)23-9-8-15(21-13(4)24)22-19(23)27/h8-9,11-12,14,16-17H,5-7,10H2,1-4H3,(H,25,26)(H,21,22,24,27)/t12?,14?,16?,17-,20+/m0/s1. The quantitative estimate of drug-likeness (QED) is 0.749. The van der Waals surface area contributed by atoms with Crippen molar-refractivity contribution < 1.29 is 19.4 Å². The lowest BCUT2D eigenvalue weighted by Crippen LogP contribution is -2.41. The number of rotatable bonds is 5. The highest BCUT2D eigenvalue weighted by molar-refractivity contribution is 8.02. The van der Waals surface area contributed by atoms with Crippen LogP contribution in [-0.2, 0) is 14.3 Å². The van der Waals surface area contributed by atoms with Crippen LogP contribution >= 0.6 is 11.8 Å². The molecule has 2 fully saturated rings. The number of carbonyl (C=O) groups excluding carboxylic acids is 1. The van der Waals surface area contributed by atoms with Gasteiger partial charge in [0.2, 0.25) is 10.8 Å². The molecule has 3 rings (SSSR count). The molecule has 1 amide bonds. The molecule has 9 heteroatoms. The van der Waals surface area contributed by atoms with Crippen molar-refractivity contribution in [2.24, 2.45) is 17.8 Å². The molecule has 1 aliphatic carbocycles. The zero-order chi connectivity index (χ0) is 21.3. The van der Waals surface area contributed by atoms with Crippen LogP contribution in [0.25, 0.3) is 0 Å². The molecule has 5 atom stereocenters. The highest BCUT2D eigenvalue weighted by Gasteiger charge is 2.57. The van der Waals surface area contributed by atoms with E-state index in [9.17, 15) is 19.5 Å². The van der Waals surface area contributed by atoms with Crippen molar-refractivity contribution in [3.8, 4) is 0 Å². The fourth-order valence-corrected chi connectivity index (χ4v) is 6.01. The van der Waals surface area contributed by atoms with E-state index in [0.717, 1.165) is 19.3 Å². The number of hydrogen-bond acceptors (Lipinski definition) is 6. The summed E-state index contributed by atoms with van der Waals surface area (Å²) in [5, 5.41) is 12.3. The summed E-state index contributed by atoms with van der Waals surface area (Å²) in [6.45, 7) is 7.20. The largest absolute Gasteiger partial charge is 0.478 e. The second-order valence-electron chi connectivity index (χ2n) is 8.43. The maximum atomic E-state index is 12.7. The number of aromatic nitrogens is 2. The van der Waals surface area contributed by atoms with Gasteiger partial charge in [0, 0.05) is 19.0 Å². The summed E-state index contributed by atoms with van der Waals surface area (Å²) in [6, 6.07) is 1.54. The van der Waals surface area contributed by atoms with Gasteiger partial charge in [-0.05, 0) is 30.7 Å². The minimum atomic E-state index is -1.41. The number of amides is 1. The van der Waals surface area contributed by atoms with Crippen LogP contribution in [0.5, 0.6) is 0 Å². The summed E-state index contributed by atoms with van der Waals surface area (Å²) in [6.07, 6.45) is 5.04. The SMILES string of the molecule is CC(=O)Nc1ccn([C@H]2O[C@](C(=O)O)(C(C)C)SC2C2CCCC(C)C2)c(=O)n1. The number of aliphatic carboxylic acids is 1. The fourth-order valence-electron chi connectivity index (χ4n) is 4.33. The van der Waals surface area contributed by atoms with E-state index < -0.39 is 22.8 Å². The van der Waals surface area contributed by atoms with Gasteiger partial charge in [-0.25, -0.2) is 9.59 Å². The third kappa shape index (κ3) is 4.35. The lowest BCUT2D eigenvalue weighted by atomic mass is 9.80. The molecule has 1 aromatic rings. The van der Waals surface area contributed by atoms with Crippen LogP contribution in [0.2, 0.25) is 0 Å². The predicted molar refractivity (Wildman–Crippen MR) is 111 cm³/mol. The molecule has 29 heavy (non-hydrogen) atoms. The zero-order valence-corrected chi connectivity index (χ0v) is 18.1. The van der Waals surface area contributed by atoms with Crippen LogP contribution in [-0.4, -0.2) is 36.7 Å². The zero-order valence-electron chi connectivity index (χ0n) is 17.3. The number of carboxylic acid groups (broad SMARTS) is 1. The van der Waals surface area contributed by atoms with Crippen LogP contribution in [0.4, 0.5) is 5.82 Å². The Morgan fingerprint density at radius 2 is 2.14 bits per heavy atom. The van der Waals surface area contributed by atoms with Crippen LogP contribution in [0.1, 0.15) is 59.6 Å². The van der Waals surface area contributed by atoms with Crippen LogP contribution in [0.3, 0.4) is 0 Å². The first kappa shape index (κ1) is 21.8. The van der Waals surface area contributed by atoms with Crippen molar-refractivity contribution in [2.45, 2.75) is 69.8 Å². The molecule has 2 aliphatic rings. The molecule has 1 saturated heterocycles. The van der Waals surface area contributed by atoms with Crippen LogP contribution in [0.15, 0.2) is 17.1 Å². The Morgan fingerprint density at radius 1 is 1.41 bits per heavy atom. The van der Waals surface area contributed by atoms with Gasteiger partial charge in [-0.15, -0.1) is 11.8 Å². The normalized spacial score (nSPS) is 32.3. The number of thioether (sulfide) groups is 1. The molecule has 0 spiro atoms. The topological polar surface area (TPSA) is 111 Å². The van der Waals surface area contributed by atoms with Gasteiger partial charge >= 0.3 is 11.7 Å². The molecule has 1 aromatic heterocycles. The molecule has 2 heterocycles. The Labute approximate surface area is 174 Å². The summed E-state index contributed by atoms with van der Waals surface area (Å²) in [5.74, 6) is -0.631. The molecule has 1 aliphatic heterocycles. The van der Waals surface area contributed by atoms with Gasteiger partial charge in [-0.2, -0.15) is 4.98 Å². The van der Waals surface area contributed by atoms with Crippen molar-refractivity contribution in [3.05, 3.63) is 22.7 Å². The fraction of sp³-hybridized carbons (Fsp3) is 0.700. The van der Waals surface area contributed by atoms with Crippen molar-refractivity contribution in [1.29, 1.82) is 0 Å². The summed E-state index contributed by atoms with van der Waals surface area (Å²) < 4.78 is 7.53. The molecule has 160 valence electrons. The Kier molecular flexibility index (Phi) is 6.38. The summed E-state index contributed by atoms with van der Waals surface area (Å²) in [4.78, 5) is 38.7. The van der Waals surface area contributed by atoms with E-state index in [1.165, 1.54) is 41.9 Å². The third-order valence-corrected chi connectivity index (χ3v) is 7.78. The lowest BCUT2D eigenvalue weighted by Gasteiger charge is -2.33. The van der Waals surface area contributed by atoms with Crippen molar-refractivity contribution >= 4 is 29.5 Å². The molecule has 0 radical (unpaired) electrons. The van der Waals surface area contributed by atoms with Gasteiger partial charge < -0.3 is 15.2 Å². The van der Waals surface area contributed by atoms with Gasteiger partial charge in [0.15, 0.2) is 6.23 Å². The number of carbonyl (C=O) groups is 2. The van der Waals surface area contributed by atoms with Gasteiger partial charge in [-0.3, -0.25) is 9.36 Å². The second-order valence-corrected chi connectivity index (χ2v) is 9.82. The van der Waals surface area contributed by atoms with Crippen LogP contribution in [0, 0.1) is 17.8 Å². The molecule has 0 aromatic carbocycles. The van der Waals surface area contributed by atoms with Gasteiger partial charge in [0.25, 0.3) is 0 Å². The van der Waals surface area contributed by atoms with E-state index in [2.05, 4.69) is 17.2 Å². The maximum Gasteiger partial charge on any atom is 0.351 e. The second kappa shape index (κ2) is 8.47. The molecule has 3 unspecified atom stereocenters. The number of nitrogens with zero attached hydrogens (tertiary/aromatic N) is 2. The molecule has 1 saturated carbocycles. The smallest absolute Gasteiger partial charge is 0.351 e. The van der Waals surface area contributed by atoms with Crippen molar-refractivity contribution in [3.63, 3.8) is 0 Å². The number of hydrogen-bond donors (Lipinski definition) is 2. The molecule has 0 bridgehead atoms. The van der Waals surface area contributed by atoms with Gasteiger partial charge in [-0.1, -0.05) is 33.6 Å². The van der Waals surface area contributed by atoms with Crippen LogP contribution < -0.4 is 11.0 Å². The lowest BCUT2D eigenvalue weighted by molar-refractivity contribution is -0.166. The van der Waals surface area contributed by atoms with Crippen molar-refractivity contribution in [1.82, 2.24) is 9.55 Å². The molecule has 8 nitrogen and oxygen atoms in total. The molecular weight excluding hydrogens is 394 g/mol. The first-order valence-electron chi connectivity index (χ1n) is 10.1. The molecule has 2 N–H and O–H groups in total. The monoisotopic (exact) mass is 423 g/mol. The summed E-state index contributed by atoms with van der Waals surface area (Å²) >= 11 is 1.33. The highest BCUT2D eigenvalue weighted by atomic mass is 32.2. The highest BCUT2D eigenvalue weighted by Crippen LogP contribution is 2.55. The van der Waals surface area contributed by atoms with E-state index in [1.807, 2.05) is 13.8 Å². The minimum absolute atomic E-state index is 0.164. The van der Waals surface area contributed by atoms with E-state index in [0.29, 0.717) is 5.92 Å². The number of ether oxygens (including phenoxy) is 1. The average molecular weight is 424 g/mol. The van der Waals surface area contributed by atoms with E-state index in [-0.39, 0.29) is 28.8 Å². The summed E-state index contributed by atoms with van der Waals surface area (Å²) in [7, 11) is 0. The van der Waals surface area contributed by atoms with E-state index in [1.54, 1.807) is 0 Å². The number of nitrogens with one attached hydrogen (secondary N) is 1. The average Bonchev–Trinajstić information content (AvgIpc) is 3.03. The number of anilines is 1. The first-order valence-corrected chi connectivity index (χ1v) is 11.0. The minimum Gasteiger partial charge on any atom is -0.478 e. The molecular formula is C20H29N3O5S. The Bertz CT molecular complexity index is 842. The predicted octanol–water partition coefficient (Wildman–Crippen LogP) is 3.10. The van der Waals surface area contributed by atoms with Crippen molar-refractivity contribution in [2.75, 3.05) is 5.32 Å². The van der Waals surface area contributed by atoms with Gasteiger partial charge in [0.1, 0.15) is 5.82 Å². The maximum absolute atomic E-state index is 12.7. The Morgan fingerprint density at radius 3 is 2.69 bits per heavy atom. The Hall–Kier alpha value is -1.87.